The van der Waals surface area contributed by atoms with E-state index in [4.69, 9.17) is 12.2 Å². The standard InChI is InChI=1S/C8H7N3S.C3H8/c12-8-10-9-6-11(8)7-4-2-1-3-5-7;1-3-2/h1-6H,(H,10,12);3H2,1-2H3. The van der Waals surface area contributed by atoms with Crippen LogP contribution < -0.4 is 0 Å². The zero-order chi connectivity index (χ0) is 11.1. The number of hydrogen-bond acceptors (Lipinski definition) is 2. The van der Waals surface area contributed by atoms with Crippen molar-refractivity contribution in [2.75, 3.05) is 0 Å². The Bertz CT molecular complexity index is 430. The molecule has 0 bridgehead atoms. The Hall–Kier alpha value is -1.42. The predicted molar refractivity (Wildman–Crippen MR) is 64.7 cm³/mol. The molecule has 0 atom stereocenters. The molecule has 0 saturated carbocycles. The van der Waals surface area contributed by atoms with Crippen LogP contribution in [0.4, 0.5) is 0 Å². The molecule has 2 rings (SSSR count). The van der Waals surface area contributed by atoms with Gasteiger partial charge in [-0.05, 0) is 24.4 Å². The monoisotopic (exact) mass is 221 g/mol. The highest BCUT2D eigenvalue weighted by atomic mass is 32.1. The molecule has 2 aromatic rings. The molecule has 4 heteroatoms. The lowest BCUT2D eigenvalue weighted by atomic mass is 10.3. The zero-order valence-corrected chi connectivity index (χ0v) is 9.79. The summed E-state index contributed by atoms with van der Waals surface area (Å²) in [6.07, 6.45) is 2.91. The Morgan fingerprint density at radius 1 is 1.27 bits per heavy atom. The molecule has 1 aromatic carbocycles. The van der Waals surface area contributed by atoms with Crippen molar-refractivity contribution in [3.05, 3.63) is 41.4 Å². The molecule has 15 heavy (non-hydrogen) atoms. The summed E-state index contributed by atoms with van der Waals surface area (Å²) in [6.45, 7) is 4.25. The summed E-state index contributed by atoms with van der Waals surface area (Å²) >= 11 is 5.01. The molecule has 0 unspecified atom stereocenters. The van der Waals surface area contributed by atoms with E-state index >= 15 is 0 Å². The van der Waals surface area contributed by atoms with Crippen molar-refractivity contribution in [2.24, 2.45) is 0 Å². The fourth-order valence-corrected chi connectivity index (χ4v) is 1.23. The molecule has 0 fully saturated rings. The number of para-hydroxylation sites is 1. The maximum atomic E-state index is 5.01. The average molecular weight is 221 g/mol. The Labute approximate surface area is 94.8 Å². The SMILES string of the molecule is CCC.S=c1[nH]ncn1-c1ccccc1. The van der Waals surface area contributed by atoms with Gasteiger partial charge in [0.15, 0.2) is 4.77 Å². The number of H-pyrrole nitrogens is 1. The third kappa shape index (κ3) is 3.32. The van der Waals surface area contributed by atoms with Crippen LogP contribution in [0.3, 0.4) is 0 Å². The number of aromatic nitrogens is 3. The van der Waals surface area contributed by atoms with E-state index in [1.54, 1.807) is 6.33 Å². The third-order valence-electron chi connectivity index (χ3n) is 1.59. The molecule has 0 radical (unpaired) electrons. The van der Waals surface area contributed by atoms with Gasteiger partial charge in [-0.1, -0.05) is 38.5 Å². The van der Waals surface area contributed by atoms with Gasteiger partial charge in [-0.2, -0.15) is 5.10 Å². The van der Waals surface area contributed by atoms with Gasteiger partial charge < -0.3 is 0 Å². The predicted octanol–water partition coefficient (Wildman–Crippen LogP) is 3.35. The van der Waals surface area contributed by atoms with Crippen molar-refractivity contribution in [2.45, 2.75) is 20.3 Å². The van der Waals surface area contributed by atoms with Gasteiger partial charge in [0, 0.05) is 5.69 Å². The minimum Gasteiger partial charge on any atom is -0.275 e. The average Bonchev–Trinajstić information content (AvgIpc) is 2.67. The van der Waals surface area contributed by atoms with Gasteiger partial charge in [-0.15, -0.1) is 0 Å². The quantitative estimate of drug-likeness (QED) is 0.749. The van der Waals surface area contributed by atoms with Crippen molar-refractivity contribution in [1.29, 1.82) is 0 Å². The van der Waals surface area contributed by atoms with Crippen molar-refractivity contribution < 1.29 is 0 Å². The molecule has 0 spiro atoms. The first-order chi connectivity index (χ1) is 7.29. The molecule has 0 aliphatic carbocycles. The van der Waals surface area contributed by atoms with Crippen LogP contribution in [0.1, 0.15) is 20.3 Å². The Kier molecular flexibility index (Phi) is 4.77. The van der Waals surface area contributed by atoms with Crippen molar-refractivity contribution in [3.8, 4) is 5.69 Å². The fraction of sp³-hybridized carbons (Fsp3) is 0.273. The number of hydrogen-bond donors (Lipinski definition) is 1. The smallest absolute Gasteiger partial charge is 0.199 e. The van der Waals surface area contributed by atoms with E-state index in [0.29, 0.717) is 4.77 Å². The Morgan fingerprint density at radius 2 is 1.87 bits per heavy atom. The highest BCUT2D eigenvalue weighted by molar-refractivity contribution is 7.71. The molecule has 3 nitrogen and oxygen atoms in total. The van der Waals surface area contributed by atoms with Gasteiger partial charge in [0.1, 0.15) is 6.33 Å². The van der Waals surface area contributed by atoms with E-state index in [2.05, 4.69) is 24.0 Å². The molecule has 0 aliphatic heterocycles. The molecular formula is C11H15N3S. The molecule has 1 N–H and O–H groups in total. The van der Waals surface area contributed by atoms with E-state index in [9.17, 15) is 0 Å². The fourth-order valence-electron chi connectivity index (χ4n) is 1.02. The van der Waals surface area contributed by atoms with Crippen LogP contribution in [0.25, 0.3) is 5.69 Å². The molecular weight excluding hydrogens is 206 g/mol. The lowest BCUT2D eigenvalue weighted by Gasteiger charge is -1.98. The van der Waals surface area contributed by atoms with E-state index < -0.39 is 0 Å². The van der Waals surface area contributed by atoms with Crippen LogP contribution in [-0.4, -0.2) is 14.8 Å². The summed E-state index contributed by atoms with van der Waals surface area (Å²) in [5.41, 5.74) is 1.02. The van der Waals surface area contributed by atoms with Crippen LogP contribution in [0, 0.1) is 4.77 Å². The summed E-state index contributed by atoms with van der Waals surface area (Å²) in [4.78, 5) is 0. The molecule has 0 amide bonds. The summed E-state index contributed by atoms with van der Waals surface area (Å²) < 4.78 is 2.43. The second-order valence-electron chi connectivity index (χ2n) is 3.07. The lowest BCUT2D eigenvalue weighted by molar-refractivity contribution is 1.03. The summed E-state index contributed by atoms with van der Waals surface area (Å²) in [5.74, 6) is 0. The van der Waals surface area contributed by atoms with Crippen LogP contribution in [-0.2, 0) is 0 Å². The maximum absolute atomic E-state index is 5.01. The van der Waals surface area contributed by atoms with Gasteiger partial charge in [0.05, 0.1) is 0 Å². The van der Waals surface area contributed by atoms with E-state index in [0.717, 1.165) is 5.69 Å². The first-order valence-electron chi connectivity index (χ1n) is 4.97. The van der Waals surface area contributed by atoms with E-state index in [1.165, 1.54) is 6.42 Å². The van der Waals surface area contributed by atoms with E-state index in [1.807, 2.05) is 34.9 Å². The lowest BCUT2D eigenvalue weighted by Crippen LogP contribution is -1.90. The van der Waals surface area contributed by atoms with Gasteiger partial charge in [-0.25, -0.2) is 0 Å². The van der Waals surface area contributed by atoms with Crippen LogP contribution >= 0.6 is 12.2 Å². The van der Waals surface area contributed by atoms with Crippen LogP contribution in [0.15, 0.2) is 36.7 Å². The first-order valence-corrected chi connectivity index (χ1v) is 5.37. The molecule has 80 valence electrons. The Balaban J connectivity index is 0.000000337. The molecule has 1 heterocycles. The number of aromatic amines is 1. The third-order valence-corrected chi connectivity index (χ3v) is 1.87. The first kappa shape index (κ1) is 11.7. The van der Waals surface area contributed by atoms with Crippen molar-refractivity contribution in [1.82, 2.24) is 14.8 Å². The summed E-state index contributed by atoms with van der Waals surface area (Å²) in [6, 6.07) is 9.85. The van der Waals surface area contributed by atoms with Gasteiger partial charge in [-0.3, -0.25) is 9.67 Å². The molecule has 0 aliphatic rings. The van der Waals surface area contributed by atoms with Gasteiger partial charge in [0.2, 0.25) is 0 Å². The normalized spacial score (nSPS) is 9.20. The van der Waals surface area contributed by atoms with Gasteiger partial charge in [0.25, 0.3) is 0 Å². The highest BCUT2D eigenvalue weighted by Crippen LogP contribution is 2.05. The topological polar surface area (TPSA) is 33.6 Å². The highest BCUT2D eigenvalue weighted by Gasteiger charge is 1.94. The summed E-state index contributed by atoms with van der Waals surface area (Å²) in [7, 11) is 0. The Morgan fingerprint density at radius 3 is 2.33 bits per heavy atom. The minimum atomic E-state index is 0.612. The van der Waals surface area contributed by atoms with Crippen LogP contribution in [0.2, 0.25) is 0 Å². The number of nitrogens with zero attached hydrogens (tertiary/aromatic N) is 2. The van der Waals surface area contributed by atoms with E-state index in [-0.39, 0.29) is 0 Å². The second-order valence-corrected chi connectivity index (χ2v) is 3.46. The van der Waals surface area contributed by atoms with Crippen molar-refractivity contribution >= 4 is 12.2 Å². The number of nitrogens with one attached hydrogen (secondary N) is 1. The number of benzene rings is 1. The molecule has 1 aromatic heterocycles. The molecule has 0 saturated heterocycles. The van der Waals surface area contributed by atoms with Crippen molar-refractivity contribution in [3.63, 3.8) is 0 Å². The van der Waals surface area contributed by atoms with Gasteiger partial charge >= 0.3 is 0 Å². The number of rotatable bonds is 1. The second kappa shape index (κ2) is 6.14. The van der Waals surface area contributed by atoms with Crippen LogP contribution in [0.5, 0.6) is 0 Å². The zero-order valence-electron chi connectivity index (χ0n) is 8.97. The summed E-state index contributed by atoms with van der Waals surface area (Å²) in [5, 5.41) is 6.53. The largest absolute Gasteiger partial charge is 0.275 e. The minimum absolute atomic E-state index is 0.612. The maximum Gasteiger partial charge on any atom is 0.199 e.